The molecule has 0 aliphatic heterocycles. The summed E-state index contributed by atoms with van der Waals surface area (Å²) >= 11 is 6.19. The molecule has 1 aromatic carbocycles. The molecule has 6 nitrogen and oxygen atoms in total. The van der Waals surface area contributed by atoms with Crippen molar-refractivity contribution in [3.05, 3.63) is 28.8 Å². The number of halogens is 1. The van der Waals surface area contributed by atoms with E-state index in [1.165, 1.54) is 26.3 Å². The van der Waals surface area contributed by atoms with Gasteiger partial charge in [0.25, 0.3) is 5.91 Å². The number of carbonyl (C=O) groups excluding carboxylic acids is 2. The SMILES string of the molecule is CNC(=O)COC(=O)/C=C/c1cc(Cl)c(OC(C)C)c(OC)c1. The van der Waals surface area contributed by atoms with Crippen molar-refractivity contribution in [2.45, 2.75) is 20.0 Å². The Morgan fingerprint density at radius 1 is 1.35 bits per heavy atom. The van der Waals surface area contributed by atoms with Crippen molar-refractivity contribution < 1.29 is 23.8 Å². The minimum atomic E-state index is -0.633. The van der Waals surface area contributed by atoms with E-state index in [0.717, 1.165) is 0 Å². The van der Waals surface area contributed by atoms with Crippen LogP contribution in [0.15, 0.2) is 18.2 Å². The van der Waals surface area contributed by atoms with Gasteiger partial charge in [0.15, 0.2) is 18.1 Å². The molecule has 0 aliphatic rings. The summed E-state index contributed by atoms with van der Waals surface area (Å²) < 4.78 is 15.6. The summed E-state index contributed by atoms with van der Waals surface area (Å²) in [4.78, 5) is 22.5. The Balaban J connectivity index is 2.85. The first-order valence-electron chi connectivity index (χ1n) is 6.97. The van der Waals surface area contributed by atoms with Crippen LogP contribution in [0.1, 0.15) is 19.4 Å². The highest BCUT2D eigenvalue weighted by molar-refractivity contribution is 6.32. The van der Waals surface area contributed by atoms with Crippen molar-refractivity contribution in [1.29, 1.82) is 0 Å². The Labute approximate surface area is 140 Å². The predicted molar refractivity (Wildman–Crippen MR) is 87.8 cm³/mol. The van der Waals surface area contributed by atoms with Crippen LogP contribution in [0.2, 0.25) is 5.02 Å². The smallest absolute Gasteiger partial charge is 0.331 e. The summed E-state index contributed by atoms with van der Waals surface area (Å²) in [5.74, 6) is -0.106. The molecule has 1 amide bonds. The van der Waals surface area contributed by atoms with Gasteiger partial charge in [0.05, 0.1) is 18.2 Å². The fourth-order valence-electron chi connectivity index (χ4n) is 1.61. The molecule has 1 aromatic rings. The van der Waals surface area contributed by atoms with Crippen LogP contribution in [0.25, 0.3) is 6.08 Å². The quantitative estimate of drug-likeness (QED) is 0.609. The van der Waals surface area contributed by atoms with Gasteiger partial charge in [-0.15, -0.1) is 0 Å². The second-order valence-corrected chi connectivity index (χ2v) is 5.22. The zero-order valence-corrected chi connectivity index (χ0v) is 14.3. The van der Waals surface area contributed by atoms with E-state index in [-0.39, 0.29) is 18.6 Å². The van der Waals surface area contributed by atoms with E-state index in [2.05, 4.69) is 5.32 Å². The average molecular weight is 342 g/mol. The maximum atomic E-state index is 11.5. The van der Waals surface area contributed by atoms with Gasteiger partial charge >= 0.3 is 5.97 Å². The number of likely N-dealkylation sites (N-methyl/N-ethyl adjacent to an activating group) is 1. The fourth-order valence-corrected chi connectivity index (χ4v) is 1.87. The minimum absolute atomic E-state index is 0.0533. The lowest BCUT2D eigenvalue weighted by molar-refractivity contribution is -0.143. The van der Waals surface area contributed by atoms with Gasteiger partial charge < -0.3 is 19.5 Å². The van der Waals surface area contributed by atoms with Crippen molar-refractivity contribution in [3.8, 4) is 11.5 Å². The predicted octanol–water partition coefficient (Wildman–Crippen LogP) is 2.44. The number of methoxy groups -OCH3 is 1. The van der Waals surface area contributed by atoms with E-state index in [1.54, 1.807) is 12.1 Å². The molecular formula is C16H20ClNO5. The Kier molecular flexibility index (Phi) is 7.41. The van der Waals surface area contributed by atoms with E-state index in [0.29, 0.717) is 22.1 Å². The number of benzene rings is 1. The summed E-state index contributed by atoms with van der Waals surface area (Å²) in [5, 5.41) is 2.72. The van der Waals surface area contributed by atoms with Gasteiger partial charge in [-0.3, -0.25) is 4.79 Å². The number of hydrogen-bond acceptors (Lipinski definition) is 5. The van der Waals surface area contributed by atoms with Crippen LogP contribution in [-0.2, 0) is 14.3 Å². The van der Waals surface area contributed by atoms with Crippen molar-refractivity contribution in [3.63, 3.8) is 0 Å². The molecule has 0 aromatic heterocycles. The van der Waals surface area contributed by atoms with Gasteiger partial charge in [0, 0.05) is 13.1 Å². The van der Waals surface area contributed by atoms with Crippen LogP contribution in [-0.4, -0.2) is 38.7 Å². The van der Waals surface area contributed by atoms with Crippen LogP contribution < -0.4 is 14.8 Å². The molecule has 0 saturated carbocycles. The number of ether oxygens (including phenoxy) is 3. The molecule has 0 saturated heterocycles. The third-order valence-corrected chi connectivity index (χ3v) is 2.92. The summed E-state index contributed by atoms with van der Waals surface area (Å²) in [5.41, 5.74) is 0.639. The normalized spacial score (nSPS) is 10.7. The molecule has 0 spiro atoms. The van der Waals surface area contributed by atoms with Gasteiger partial charge in [-0.1, -0.05) is 11.6 Å². The molecule has 23 heavy (non-hydrogen) atoms. The van der Waals surface area contributed by atoms with Crippen LogP contribution in [0.4, 0.5) is 0 Å². The van der Waals surface area contributed by atoms with E-state index in [1.807, 2.05) is 13.8 Å². The number of amides is 1. The Morgan fingerprint density at radius 3 is 2.61 bits per heavy atom. The number of carbonyl (C=O) groups is 2. The maximum Gasteiger partial charge on any atom is 0.331 e. The van der Waals surface area contributed by atoms with Gasteiger partial charge in [-0.2, -0.15) is 0 Å². The summed E-state index contributed by atoms with van der Waals surface area (Å²) in [6.45, 7) is 3.43. The molecule has 0 bridgehead atoms. The zero-order valence-electron chi connectivity index (χ0n) is 13.5. The van der Waals surface area contributed by atoms with Gasteiger partial charge in [-0.25, -0.2) is 4.79 Å². The Morgan fingerprint density at radius 2 is 2.04 bits per heavy atom. The second-order valence-electron chi connectivity index (χ2n) is 4.81. The lowest BCUT2D eigenvalue weighted by atomic mass is 10.2. The highest BCUT2D eigenvalue weighted by Crippen LogP contribution is 2.37. The fraction of sp³-hybridized carbons (Fsp3) is 0.375. The van der Waals surface area contributed by atoms with Crippen molar-refractivity contribution >= 4 is 29.6 Å². The van der Waals surface area contributed by atoms with Crippen LogP contribution in [0.3, 0.4) is 0 Å². The Bertz CT molecular complexity index is 598. The molecule has 0 heterocycles. The summed E-state index contributed by atoms with van der Waals surface area (Å²) in [7, 11) is 2.96. The van der Waals surface area contributed by atoms with Gasteiger partial charge in [0.1, 0.15) is 0 Å². The topological polar surface area (TPSA) is 73.9 Å². The molecule has 7 heteroatoms. The van der Waals surface area contributed by atoms with E-state index in [9.17, 15) is 9.59 Å². The number of rotatable bonds is 7. The largest absolute Gasteiger partial charge is 0.493 e. The van der Waals surface area contributed by atoms with Crippen LogP contribution in [0, 0.1) is 0 Å². The lowest BCUT2D eigenvalue weighted by Crippen LogP contribution is -2.24. The van der Waals surface area contributed by atoms with Crippen molar-refractivity contribution in [1.82, 2.24) is 5.32 Å². The molecular weight excluding hydrogens is 322 g/mol. The summed E-state index contributed by atoms with van der Waals surface area (Å²) in [6.07, 6.45) is 2.67. The standard InChI is InChI=1S/C16H20ClNO5/c1-10(2)23-16-12(17)7-11(8-13(16)21-4)5-6-15(20)22-9-14(19)18-3/h5-8,10H,9H2,1-4H3,(H,18,19)/b6-5+. The van der Waals surface area contributed by atoms with E-state index in [4.69, 9.17) is 25.8 Å². The monoisotopic (exact) mass is 341 g/mol. The third kappa shape index (κ3) is 6.20. The first-order chi connectivity index (χ1) is 10.9. The van der Waals surface area contributed by atoms with Crippen LogP contribution in [0.5, 0.6) is 11.5 Å². The number of esters is 1. The highest BCUT2D eigenvalue weighted by atomic mass is 35.5. The maximum absolute atomic E-state index is 11.5. The molecule has 1 rings (SSSR count). The zero-order chi connectivity index (χ0) is 17.4. The first-order valence-corrected chi connectivity index (χ1v) is 7.34. The van der Waals surface area contributed by atoms with Gasteiger partial charge in [0.2, 0.25) is 0 Å². The van der Waals surface area contributed by atoms with Crippen LogP contribution >= 0.6 is 11.6 Å². The molecule has 126 valence electrons. The molecule has 0 aliphatic carbocycles. The van der Waals surface area contributed by atoms with Crippen molar-refractivity contribution in [2.24, 2.45) is 0 Å². The minimum Gasteiger partial charge on any atom is -0.493 e. The molecule has 1 N–H and O–H groups in total. The molecule has 0 unspecified atom stereocenters. The third-order valence-electron chi connectivity index (χ3n) is 2.64. The Hall–Kier alpha value is -2.21. The van der Waals surface area contributed by atoms with Gasteiger partial charge in [-0.05, 0) is 37.6 Å². The average Bonchev–Trinajstić information content (AvgIpc) is 2.52. The molecule has 0 atom stereocenters. The second kappa shape index (κ2) is 9.05. The van der Waals surface area contributed by atoms with Crippen molar-refractivity contribution in [2.75, 3.05) is 20.8 Å². The molecule has 0 fully saturated rings. The lowest BCUT2D eigenvalue weighted by Gasteiger charge is -2.15. The molecule has 0 radical (unpaired) electrons. The number of nitrogens with one attached hydrogen (secondary N) is 1. The van der Waals surface area contributed by atoms with E-state index < -0.39 is 5.97 Å². The van der Waals surface area contributed by atoms with E-state index >= 15 is 0 Å². The number of hydrogen-bond donors (Lipinski definition) is 1. The highest BCUT2D eigenvalue weighted by Gasteiger charge is 2.13. The summed E-state index contributed by atoms with van der Waals surface area (Å²) in [6, 6.07) is 3.33. The first kappa shape index (κ1) is 18.8.